The Morgan fingerprint density at radius 1 is 1.39 bits per heavy atom. The summed E-state index contributed by atoms with van der Waals surface area (Å²) in [6, 6.07) is 8.00. The number of hydrogen-bond acceptors (Lipinski definition) is 2. The molecule has 0 aliphatic rings. The number of benzene rings is 1. The maximum absolute atomic E-state index is 11.4. The van der Waals surface area contributed by atoms with Gasteiger partial charge in [-0.05, 0) is 18.1 Å². The standard InChI is InChI=1S/C14H14ClNO2/c1-10(15)9-18-14(17)7-6-11-8-16-13-5-3-2-4-12(11)13/h2-5,8,16H,1,6-7,9H2. The third-order valence-corrected chi connectivity index (χ3v) is 2.77. The zero-order valence-electron chi connectivity index (χ0n) is 9.91. The van der Waals surface area contributed by atoms with E-state index in [1.165, 1.54) is 0 Å². The zero-order chi connectivity index (χ0) is 13.0. The van der Waals surface area contributed by atoms with Gasteiger partial charge in [-0.15, -0.1) is 0 Å². The molecule has 1 N–H and O–H groups in total. The maximum atomic E-state index is 11.4. The van der Waals surface area contributed by atoms with Crippen LogP contribution in [0.2, 0.25) is 0 Å². The molecular formula is C14H14ClNO2. The molecule has 1 heterocycles. The summed E-state index contributed by atoms with van der Waals surface area (Å²) in [6.45, 7) is 3.54. The molecule has 0 aliphatic heterocycles. The van der Waals surface area contributed by atoms with Gasteiger partial charge in [0.2, 0.25) is 0 Å². The predicted octanol–water partition coefficient (Wildman–Crippen LogP) is 3.40. The van der Waals surface area contributed by atoms with Crippen LogP contribution in [0.25, 0.3) is 10.9 Å². The highest BCUT2D eigenvalue weighted by atomic mass is 35.5. The van der Waals surface area contributed by atoms with Crippen molar-refractivity contribution in [1.29, 1.82) is 0 Å². The van der Waals surface area contributed by atoms with Gasteiger partial charge in [0.1, 0.15) is 6.61 Å². The van der Waals surface area contributed by atoms with Crippen molar-refractivity contribution in [3.8, 4) is 0 Å². The van der Waals surface area contributed by atoms with Crippen LogP contribution in [-0.4, -0.2) is 17.6 Å². The molecule has 0 unspecified atom stereocenters. The van der Waals surface area contributed by atoms with E-state index in [0.29, 0.717) is 17.9 Å². The topological polar surface area (TPSA) is 42.1 Å². The van der Waals surface area contributed by atoms with Crippen molar-refractivity contribution in [3.63, 3.8) is 0 Å². The van der Waals surface area contributed by atoms with Crippen molar-refractivity contribution in [1.82, 2.24) is 4.98 Å². The molecule has 2 aromatic rings. The second-order valence-corrected chi connectivity index (χ2v) is 4.57. The molecule has 94 valence electrons. The van der Waals surface area contributed by atoms with Crippen LogP contribution in [0, 0.1) is 0 Å². The number of hydrogen-bond donors (Lipinski definition) is 1. The molecule has 4 heteroatoms. The number of rotatable bonds is 5. The molecule has 0 saturated heterocycles. The molecule has 0 aliphatic carbocycles. The van der Waals surface area contributed by atoms with E-state index in [1.807, 2.05) is 30.5 Å². The Bertz CT molecular complexity index is 574. The number of aryl methyl sites for hydroxylation is 1. The Morgan fingerprint density at radius 2 is 2.17 bits per heavy atom. The summed E-state index contributed by atoms with van der Waals surface area (Å²) in [4.78, 5) is 14.6. The number of aromatic amines is 1. The van der Waals surface area contributed by atoms with Gasteiger partial charge < -0.3 is 9.72 Å². The lowest BCUT2D eigenvalue weighted by Gasteiger charge is -2.02. The Balaban J connectivity index is 1.94. The highest BCUT2D eigenvalue weighted by Gasteiger charge is 2.07. The minimum absolute atomic E-state index is 0.0777. The van der Waals surface area contributed by atoms with E-state index < -0.39 is 0 Å². The second kappa shape index (κ2) is 5.74. The minimum atomic E-state index is -0.262. The molecule has 0 atom stereocenters. The molecule has 1 aromatic carbocycles. The van der Waals surface area contributed by atoms with Crippen molar-refractivity contribution in [2.75, 3.05) is 6.61 Å². The van der Waals surface area contributed by atoms with Gasteiger partial charge >= 0.3 is 5.97 Å². The van der Waals surface area contributed by atoms with Crippen LogP contribution in [0.15, 0.2) is 42.1 Å². The Labute approximate surface area is 110 Å². The monoisotopic (exact) mass is 263 g/mol. The van der Waals surface area contributed by atoms with E-state index >= 15 is 0 Å². The average Bonchev–Trinajstić information content (AvgIpc) is 2.77. The average molecular weight is 264 g/mol. The first-order valence-corrected chi connectivity index (χ1v) is 6.08. The molecule has 0 radical (unpaired) electrons. The summed E-state index contributed by atoms with van der Waals surface area (Å²) in [5.41, 5.74) is 2.20. The van der Waals surface area contributed by atoms with Gasteiger partial charge in [-0.1, -0.05) is 36.4 Å². The fourth-order valence-electron chi connectivity index (χ4n) is 1.81. The van der Waals surface area contributed by atoms with Crippen molar-refractivity contribution >= 4 is 28.5 Å². The van der Waals surface area contributed by atoms with Crippen molar-refractivity contribution in [2.24, 2.45) is 0 Å². The largest absolute Gasteiger partial charge is 0.460 e. The maximum Gasteiger partial charge on any atom is 0.306 e. The Hall–Kier alpha value is -1.74. The number of halogens is 1. The van der Waals surface area contributed by atoms with Crippen molar-refractivity contribution in [3.05, 3.63) is 47.6 Å². The number of carbonyl (C=O) groups is 1. The summed E-state index contributed by atoms with van der Waals surface area (Å²) >= 11 is 5.52. The first kappa shape index (κ1) is 12.7. The quantitative estimate of drug-likeness (QED) is 0.840. The molecule has 18 heavy (non-hydrogen) atoms. The van der Waals surface area contributed by atoms with E-state index in [4.69, 9.17) is 16.3 Å². The molecule has 3 nitrogen and oxygen atoms in total. The first-order chi connectivity index (χ1) is 8.66. The third kappa shape index (κ3) is 3.14. The van der Waals surface area contributed by atoms with Gasteiger partial charge in [0, 0.05) is 28.6 Å². The number of fused-ring (bicyclic) bond motifs is 1. The van der Waals surface area contributed by atoms with Gasteiger partial charge in [-0.3, -0.25) is 4.79 Å². The highest BCUT2D eigenvalue weighted by Crippen LogP contribution is 2.19. The predicted molar refractivity (Wildman–Crippen MR) is 72.6 cm³/mol. The lowest BCUT2D eigenvalue weighted by molar-refractivity contribution is -0.142. The van der Waals surface area contributed by atoms with E-state index in [9.17, 15) is 4.79 Å². The number of nitrogens with one attached hydrogen (secondary N) is 1. The normalized spacial score (nSPS) is 10.5. The third-order valence-electron chi connectivity index (χ3n) is 2.66. The van der Waals surface area contributed by atoms with Crippen LogP contribution in [-0.2, 0) is 16.0 Å². The number of aromatic nitrogens is 1. The number of carbonyl (C=O) groups excluding carboxylic acids is 1. The summed E-state index contributed by atoms with van der Waals surface area (Å²) in [5, 5.41) is 1.47. The highest BCUT2D eigenvalue weighted by molar-refractivity contribution is 6.29. The molecule has 0 bridgehead atoms. The molecule has 0 fully saturated rings. The second-order valence-electron chi connectivity index (χ2n) is 4.04. The summed E-state index contributed by atoms with van der Waals surface area (Å²) in [5.74, 6) is -0.262. The molecule has 2 rings (SSSR count). The van der Waals surface area contributed by atoms with Gasteiger partial charge in [-0.25, -0.2) is 0 Å². The van der Waals surface area contributed by atoms with E-state index in [1.54, 1.807) is 0 Å². The Kier molecular flexibility index (Phi) is 4.05. The van der Waals surface area contributed by atoms with Crippen LogP contribution in [0.3, 0.4) is 0 Å². The minimum Gasteiger partial charge on any atom is -0.460 e. The lowest BCUT2D eigenvalue weighted by atomic mass is 10.1. The van der Waals surface area contributed by atoms with Crippen LogP contribution >= 0.6 is 11.6 Å². The number of ether oxygens (including phenoxy) is 1. The van der Waals surface area contributed by atoms with Gasteiger partial charge in [0.05, 0.1) is 0 Å². The van der Waals surface area contributed by atoms with E-state index in [0.717, 1.165) is 16.5 Å². The fraction of sp³-hybridized carbons (Fsp3) is 0.214. The molecular weight excluding hydrogens is 250 g/mol. The number of para-hydroxylation sites is 1. The van der Waals surface area contributed by atoms with Crippen LogP contribution in [0.1, 0.15) is 12.0 Å². The SMILES string of the molecule is C=C(Cl)COC(=O)CCc1c[nH]c2ccccc12. The van der Waals surface area contributed by atoms with Crippen molar-refractivity contribution in [2.45, 2.75) is 12.8 Å². The van der Waals surface area contributed by atoms with E-state index in [-0.39, 0.29) is 12.6 Å². The van der Waals surface area contributed by atoms with Crippen LogP contribution in [0.4, 0.5) is 0 Å². The summed E-state index contributed by atoms with van der Waals surface area (Å²) < 4.78 is 4.93. The molecule has 0 saturated carbocycles. The van der Waals surface area contributed by atoms with Crippen LogP contribution in [0.5, 0.6) is 0 Å². The molecule has 1 aromatic heterocycles. The number of esters is 1. The van der Waals surface area contributed by atoms with E-state index in [2.05, 4.69) is 11.6 Å². The fourth-order valence-corrected chi connectivity index (χ4v) is 1.86. The molecule has 0 amide bonds. The summed E-state index contributed by atoms with van der Waals surface area (Å²) in [6.07, 6.45) is 2.92. The summed E-state index contributed by atoms with van der Waals surface area (Å²) in [7, 11) is 0. The van der Waals surface area contributed by atoms with Crippen LogP contribution < -0.4 is 0 Å². The smallest absolute Gasteiger partial charge is 0.306 e. The van der Waals surface area contributed by atoms with Gasteiger partial charge in [0.25, 0.3) is 0 Å². The number of H-pyrrole nitrogens is 1. The van der Waals surface area contributed by atoms with Gasteiger partial charge in [0.15, 0.2) is 0 Å². The van der Waals surface area contributed by atoms with Crippen molar-refractivity contribution < 1.29 is 9.53 Å². The first-order valence-electron chi connectivity index (χ1n) is 5.70. The zero-order valence-corrected chi connectivity index (χ0v) is 10.7. The Morgan fingerprint density at radius 3 is 2.94 bits per heavy atom. The van der Waals surface area contributed by atoms with Gasteiger partial charge in [-0.2, -0.15) is 0 Å². The molecule has 0 spiro atoms. The lowest BCUT2D eigenvalue weighted by Crippen LogP contribution is -2.06.